The zero-order valence-electron chi connectivity index (χ0n) is 11.0. The summed E-state index contributed by atoms with van der Waals surface area (Å²) in [4.78, 5) is -0.511. The molecule has 0 aliphatic carbocycles. The summed E-state index contributed by atoms with van der Waals surface area (Å²) in [5.41, 5.74) is 5.12. The lowest BCUT2D eigenvalue weighted by Crippen LogP contribution is -2.34. The molecule has 0 amide bonds. The number of halogens is 2. The predicted octanol–water partition coefficient (Wildman–Crippen LogP) is 1.86. The molecule has 0 spiro atoms. The second-order valence-corrected chi connectivity index (χ2v) is 7.18. The van der Waals surface area contributed by atoms with Crippen LogP contribution in [0.2, 0.25) is 5.02 Å². The monoisotopic (exact) mass is 322 g/mol. The molecule has 5 nitrogen and oxygen atoms in total. The lowest BCUT2D eigenvalue weighted by molar-refractivity contribution is 0.0978. The Balaban J connectivity index is 2.29. The van der Waals surface area contributed by atoms with Crippen molar-refractivity contribution >= 4 is 27.3 Å². The van der Waals surface area contributed by atoms with Gasteiger partial charge >= 0.3 is 0 Å². The van der Waals surface area contributed by atoms with E-state index in [1.807, 2.05) is 0 Å². The Bertz CT molecular complexity index is 603. The zero-order chi connectivity index (χ0) is 14.9. The Morgan fingerprint density at radius 3 is 2.85 bits per heavy atom. The number of nitrogen functional groups attached to an aromatic ring is 1. The number of rotatable bonds is 4. The number of sulfonamides is 1. The van der Waals surface area contributed by atoms with Gasteiger partial charge in [0.1, 0.15) is 4.90 Å². The van der Waals surface area contributed by atoms with Crippen molar-refractivity contribution in [2.45, 2.75) is 23.8 Å². The van der Waals surface area contributed by atoms with Crippen LogP contribution in [0.15, 0.2) is 17.0 Å². The number of ether oxygens (including phenoxy) is 1. The van der Waals surface area contributed by atoms with Crippen LogP contribution in [0.5, 0.6) is 0 Å². The van der Waals surface area contributed by atoms with Crippen LogP contribution in [0.4, 0.5) is 10.1 Å². The van der Waals surface area contributed by atoms with Gasteiger partial charge in [0, 0.05) is 25.2 Å². The van der Waals surface area contributed by atoms with Gasteiger partial charge in [-0.15, -0.1) is 0 Å². The molecule has 1 atom stereocenters. The van der Waals surface area contributed by atoms with Crippen LogP contribution in [0.3, 0.4) is 0 Å². The van der Waals surface area contributed by atoms with E-state index in [-0.39, 0.29) is 23.4 Å². The molecule has 1 unspecified atom stereocenters. The van der Waals surface area contributed by atoms with Gasteiger partial charge in [0.05, 0.1) is 11.8 Å². The second kappa shape index (κ2) is 5.85. The van der Waals surface area contributed by atoms with E-state index in [2.05, 4.69) is 0 Å². The molecule has 0 aromatic heterocycles. The average Bonchev–Trinajstić information content (AvgIpc) is 2.86. The van der Waals surface area contributed by atoms with Crippen molar-refractivity contribution in [2.75, 3.05) is 25.9 Å². The van der Waals surface area contributed by atoms with E-state index in [9.17, 15) is 12.8 Å². The van der Waals surface area contributed by atoms with Crippen LogP contribution in [0, 0.1) is 5.82 Å². The van der Waals surface area contributed by atoms with Gasteiger partial charge < -0.3 is 10.5 Å². The van der Waals surface area contributed by atoms with Gasteiger partial charge in [-0.2, -0.15) is 4.31 Å². The third-order valence-corrected chi connectivity index (χ3v) is 5.25. The summed E-state index contributed by atoms with van der Waals surface area (Å²) in [6.45, 7) is 0.797. The lowest BCUT2D eigenvalue weighted by atomic mass is 10.2. The van der Waals surface area contributed by atoms with Crippen LogP contribution in [-0.4, -0.2) is 39.0 Å². The van der Waals surface area contributed by atoms with Gasteiger partial charge in [0.15, 0.2) is 5.82 Å². The van der Waals surface area contributed by atoms with Crippen molar-refractivity contribution in [3.8, 4) is 0 Å². The number of nitrogens with zero attached hydrogens (tertiary/aromatic N) is 1. The molecule has 1 heterocycles. The first-order valence-electron chi connectivity index (χ1n) is 6.15. The standard InChI is InChI=1S/C12H16ClFN2O3S/c1-16(7-9-3-2-4-19-9)20(17,18)11-6-8(13)5-10(15)12(11)14/h5-6,9H,2-4,7,15H2,1H3. The highest BCUT2D eigenvalue weighted by molar-refractivity contribution is 7.89. The summed E-state index contributed by atoms with van der Waals surface area (Å²) in [7, 11) is -2.61. The number of hydrogen-bond donors (Lipinski definition) is 1. The molecule has 2 rings (SSSR count). The first kappa shape index (κ1) is 15.5. The minimum atomic E-state index is -3.99. The second-order valence-electron chi connectivity index (χ2n) is 4.73. The molecule has 0 bridgehead atoms. The normalized spacial score (nSPS) is 19.7. The Kier molecular flexibility index (Phi) is 4.53. The number of benzene rings is 1. The fraction of sp³-hybridized carbons (Fsp3) is 0.500. The molecular formula is C12H16ClFN2O3S. The summed E-state index contributed by atoms with van der Waals surface area (Å²) in [5, 5.41) is 0.0768. The van der Waals surface area contributed by atoms with Crippen molar-refractivity contribution in [2.24, 2.45) is 0 Å². The van der Waals surface area contributed by atoms with Crippen LogP contribution in [0.1, 0.15) is 12.8 Å². The maximum absolute atomic E-state index is 13.9. The minimum absolute atomic E-state index is 0.0768. The molecule has 112 valence electrons. The molecule has 0 saturated carbocycles. The van der Waals surface area contributed by atoms with Crippen molar-refractivity contribution in [1.82, 2.24) is 4.31 Å². The smallest absolute Gasteiger partial charge is 0.245 e. The molecular weight excluding hydrogens is 307 g/mol. The zero-order valence-corrected chi connectivity index (χ0v) is 12.5. The van der Waals surface area contributed by atoms with Gasteiger partial charge in [-0.05, 0) is 25.0 Å². The summed E-state index contributed by atoms with van der Waals surface area (Å²) in [5.74, 6) is -0.978. The Morgan fingerprint density at radius 2 is 2.25 bits per heavy atom. The fourth-order valence-corrected chi connectivity index (χ4v) is 3.72. The Hall–Kier alpha value is -0.890. The highest BCUT2D eigenvalue weighted by atomic mass is 35.5. The quantitative estimate of drug-likeness (QED) is 0.859. The largest absolute Gasteiger partial charge is 0.396 e. The highest BCUT2D eigenvalue weighted by Gasteiger charge is 2.29. The van der Waals surface area contributed by atoms with Crippen molar-refractivity contribution in [3.63, 3.8) is 0 Å². The summed E-state index contributed by atoms with van der Waals surface area (Å²) >= 11 is 5.75. The Labute approximate surface area is 122 Å². The molecule has 2 N–H and O–H groups in total. The molecule has 1 fully saturated rings. The lowest BCUT2D eigenvalue weighted by Gasteiger charge is -2.21. The van der Waals surface area contributed by atoms with Crippen molar-refractivity contribution in [3.05, 3.63) is 23.0 Å². The van der Waals surface area contributed by atoms with Gasteiger partial charge in [0.25, 0.3) is 0 Å². The van der Waals surface area contributed by atoms with E-state index in [0.717, 1.165) is 23.2 Å². The molecule has 0 radical (unpaired) electrons. The molecule has 1 aliphatic rings. The first-order valence-corrected chi connectivity index (χ1v) is 7.96. The van der Waals surface area contributed by atoms with Crippen LogP contribution in [-0.2, 0) is 14.8 Å². The van der Waals surface area contributed by atoms with Gasteiger partial charge in [0.2, 0.25) is 10.0 Å². The highest BCUT2D eigenvalue weighted by Crippen LogP contribution is 2.27. The van der Waals surface area contributed by atoms with Gasteiger partial charge in [-0.25, -0.2) is 12.8 Å². The predicted molar refractivity (Wildman–Crippen MR) is 74.6 cm³/mol. The molecule has 20 heavy (non-hydrogen) atoms. The maximum atomic E-state index is 13.9. The first-order chi connectivity index (χ1) is 9.32. The van der Waals surface area contributed by atoms with E-state index in [0.29, 0.717) is 6.61 Å². The third-order valence-electron chi connectivity index (χ3n) is 3.21. The third kappa shape index (κ3) is 3.06. The van der Waals surface area contributed by atoms with E-state index >= 15 is 0 Å². The number of likely N-dealkylation sites (N-methyl/N-ethyl adjacent to an activating group) is 1. The topological polar surface area (TPSA) is 72.6 Å². The summed E-state index contributed by atoms with van der Waals surface area (Å²) in [6.07, 6.45) is 1.53. The van der Waals surface area contributed by atoms with Crippen LogP contribution < -0.4 is 5.73 Å². The van der Waals surface area contributed by atoms with Gasteiger partial charge in [-0.3, -0.25) is 0 Å². The van der Waals surface area contributed by atoms with Gasteiger partial charge in [-0.1, -0.05) is 11.6 Å². The molecule has 1 aromatic carbocycles. The van der Waals surface area contributed by atoms with E-state index in [1.165, 1.54) is 13.1 Å². The molecule has 1 aromatic rings. The average molecular weight is 323 g/mol. The SMILES string of the molecule is CN(CC1CCCO1)S(=O)(=O)c1cc(Cl)cc(N)c1F. The van der Waals surface area contributed by atoms with E-state index in [1.54, 1.807) is 0 Å². The molecule has 1 aliphatic heterocycles. The van der Waals surface area contributed by atoms with Crippen LogP contribution >= 0.6 is 11.6 Å². The van der Waals surface area contributed by atoms with Crippen molar-refractivity contribution < 1.29 is 17.5 Å². The summed E-state index contributed by atoms with van der Waals surface area (Å²) < 4.78 is 45.1. The number of nitrogens with two attached hydrogens (primary N) is 1. The maximum Gasteiger partial charge on any atom is 0.245 e. The summed E-state index contributed by atoms with van der Waals surface area (Å²) in [6, 6.07) is 2.24. The van der Waals surface area contributed by atoms with Crippen molar-refractivity contribution in [1.29, 1.82) is 0 Å². The number of anilines is 1. The Morgan fingerprint density at radius 1 is 1.55 bits per heavy atom. The molecule has 8 heteroatoms. The fourth-order valence-electron chi connectivity index (χ4n) is 2.11. The molecule has 1 saturated heterocycles. The van der Waals surface area contributed by atoms with E-state index < -0.39 is 20.7 Å². The minimum Gasteiger partial charge on any atom is -0.396 e. The van der Waals surface area contributed by atoms with E-state index in [4.69, 9.17) is 22.1 Å². The van der Waals surface area contributed by atoms with Crippen LogP contribution in [0.25, 0.3) is 0 Å². The number of hydrogen-bond acceptors (Lipinski definition) is 4.